The maximum Gasteiger partial charge on any atom is 0.276 e. The van der Waals surface area contributed by atoms with Gasteiger partial charge in [0.05, 0.1) is 5.75 Å². The van der Waals surface area contributed by atoms with Crippen LogP contribution in [0.1, 0.15) is 30.3 Å². The van der Waals surface area contributed by atoms with Crippen molar-refractivity contribution in [3.63, 3.8) is 0 Å². The molecule has 2 unspecified atom stereocenters. The molecule has 0 aliphatic carbocycles. The van der Waals surface area contributed by atoms with Crippen LogP contribution >= 0.6 is 0 Å². The van der Waals surface area contributed by atoms with E-state index in [2.05, 4.69) is 16.4 Å². The van der Waals surface area contributed by atoms with Gasteiger partial charge in [0.15, 0.2) is 0 Å². The van der Waals surface area contributed by atoms with Crippen LogP contribution in [0, 0.1) is 12.8 Å². The van der Waals surface area contributed by atoms with Crippen molar-refractivity contribution in [1.29, 1.82) is 0 Å². The van der Waals surface area contributed by atoms with Gasteiger partial charge in [-0.2, -0.15) is 5.59 Å². The largest absolute Gasteiger partial charge is 0.340 e. The number of likely N-dealkylation sites (tertiary alicyclic amines) is 1. The summed E-state index contributed by atoms with van der Waals surface area (Å²) < 4.78 is 29.3. The van der Waals surface area contributed by atoms with E-state index in [1.165, 1.54) is 17.0 Å². The van der Waals surface area contributed by atoms with Crippen molar-refractivity contribution in [3.8, 4) is 0 Å². The van der Waals surface area contributed by atoms with Crippen molar-refractivity contribution in [2.24, 2.45) is 11.0 Å². The Labute approximate surface area is 202 Å². The van der Waals surface area contributed by atoms with Crippen LogP contribution in [-0.4, -0.2) is 47.1 Å². The number of aryl methyl sites for hydroxylation is 1. The Morgan fingerprint density at radius 2 is 1.94 bits per heavy atom. The lowest BCUT2D eigenvalue weighted by Gasteiger charge is -2.40. The average Bonchev–Trinajstić information content (AvgIpc) is 2.84. The van der Waals surface area contributed by atoms with Crippen molar-refractivity contribution in [2.75, 3.05) is 11.3 Å². The number of aromatic nitrogens is 1. The Kier molecular flexibility index (Phi) is 8.27. The summed E-state index contributed by atoms with van der Waals surface area (Å²) in [5, 5.41) is 21.5. The Morgan fingerprint density at radius 1 is 1.23 bits per heavy atom. The van der Waals surface area contributed by atoms with E-state index in [9.17, 15) is 18.0 Å². The SMILES string of the molecule is C=C(C(=O)NO)C1CCN(C=NNO)C(n2c(C)ccc(NS(=O)(=O)Cc3ccccc3)c2=O)C1. The standard InChI is InChI=1S/C22H28N6O6S/c1-15-8-9-19(25-35(33,34)13-17-6-4-3-5-7-17)22(30)28(15)20-12-18(16(2)21(29)24-31)10-11-27(20)14-23-26-32/h3-9,14,18,20,25-26,31-32H,2,10-13H2,1H3,(H,24,29). The van der Waals surface area contributed by atoms with E-state index in [-0.39, 0.29) is 29.4 Å². The summed E-state index contributed by atoms with van der Waals surface area (Å²) >= 11 is 0. The number of carbonyl (C=O) groups excluding carboxylic acids is 1. The molecule has 1 aliphatic heterocycles. The van der Waals surface area contributed by atoms with Gasteiger partial charge in [0.25, 0.3) is 11.5 Å². The normalized spacial score (nSPS) is 18.3. The lowest BCUT2D eigenvalue weighted by Crippen LogP contribution is -2.45. The van der Waals surface area contributed by atoms with Gasteiger partial charge in [-0.3, -0.25) is 29.3 Å². The maximum absolute atomic E-state index is 13.5. The Bertz CT molecular complexity index is 1260. The van der Waals surface area contributed by atoms with Gasteiger partial charge in [0.1, 0.15) is 18.2 Å². The van der Waals surface area contributed by atoms with E-state index < -0.39 is 27.7 Å². The minimum absolute atomic E-state index is 0.127. The number of amides is 1. The molecule has 2 atom stereocenters. The van der Waals surface area contributed by atoms with E-state index in [0.29, 0.717) is 24.2 Å². The number of hydrogen-bond acceptors (Lipinski definition) is 8. The smallest absolute Gasteiger partial charge is 0.276 e. The molecular weight excluding hydrogens is 476 g/mol. The molecular formula is C22H28N6O6S. The van der Waals surface area contributed by atoms with Crippen molar-refractivity contribution in [3.05, 3.63) is 76.2 Å². The molecule has 1 amide bonds. The highest BCUT2D eigenvalue weighted by Crippen LogP contribution is 2.33. The summed E-state index contributed by atoms with van der Waals surface area (Å²) in [5.74, 6) is -1.40. The number of hydroxylamine groups is 1. The quantitative estimate of drug-likeness (QED) is 0.112. The molecule has 3 rings (SSSR count). The number of anilines is 1. The Hall–Kier alpha value is -3.68. The molecule has 1 aromatic carbocycles. The molecule has 5 N–H and O–H groups in total. The fourth-order valence-corrected chi connectivity index (χ4v) is 5.31. The van der Waals surface area contributed by atoms with Crippen LogP contribution < -0.4 is 21.4 Å². The number of hydrazone groups is 1. The van der Waals surface area contributed by atoms with Crippen LogP contribution in [0.15, 0.2) is 64.5 Å². The lowest BCUT2D eigenvalue weighted by molar-refractivity contribution is -0.126. The first-order valence-corrected chi connectivity index (χ1v) is 12.4. The van der Waals surface area contributed by atoms with Gasteiger partial charge in [-0.15, -0.1) is 5.10 Å². The molecule has 188 valence electrons. The zero-order chi connectivity index (χ0) is 25.6. The molecule has 0 spiro atoms. The van der Waals surface area contributed by atoms with E-state index in [4.69, 9.17) is 10.4 Å². The predicted molar refractivity (Wildman–Crippen MR) is 129 cm³/mol. The van der Waals surface area contributed by atoms with Crippen LogP contribution in [0.3, 0.4) is 0 Å². The summed E-state index contributed by atoms with van der Waals surface area (Å²) in [6.45, 7) is 5.80. The summed E-state index contributed by atoms with van der Waals surface area (Å²) in [6, 6.07) is 11.6. The van der Waals surface area contributed by atoms with Gasteiger partial charge < -0.3 is 4.90 Å². The lowest BCUT2D eigenvalue weighted by atomic mass is 9.87. The monoisotopic (exact) mass is 504 g/mol. The molecule has 2 aromatic rings. The van der Waals surface area contributed by atoms with E-state index in [1.54, 1.807) is 59.3 Å². The van der Waals surface area contributed by atoms with Gasteiger partial charge in [0.2, 0.25) is 10.0 Å². The minimum Gasteiger partial charge on any atom is -0.340 e. The van der Waals surface area contributed by atoms with E-state index in [0.717, 1.165) is 0 Å². The Balaban J connectivity index is 1.96. The highest BCUT2D eigenvalue weighted by molar-refractivity contribution is 7.91. The number of piperidine rings is 1. The number of nitrogens with zero attached hydrogens (tertiary/aromatic N) is 3. The van der Waals surface area contributed by atoms with Crippen LogP contribution in [0.5, 0.6) is 0 Å². The fraction of sp³-hybridized carbons (Fsp3) is 0.318. The van der Waals surface area contributed by atoms with Crippen LogP contribution in [0.25, 0.3) is 0 Å². The van der Waals surface area contributed by atoms with Gasteiger partial charge >= 0.3 is 0 Å². The summed E-state index contributed by atoms with van der Waals surface area (Å²) in [4.78, 5) is 27.1. The molecule has 13 heteroatoms. The highest BCUT2D eigenvalue weighted by Gasteiger charge is 2.33. The molecule has 1 aromatic heterocycles. The second-order valence-electron chi connectivity index (χ2n) is 8.16. The highest BCUT2D eigenvalue weighted by atomic mass is 32.2. The Morgan fingerprint density at radius 3 is 2.60 bits per heavy atom. The number of sulfonamides is 1. The third-order valence-corrected chi connectivity index (χ3v) is 7.09. The molecule has 1 aliphatic rings. The number of nitrogens with one attached hydrogen (secondary N) is 3. The number of carbonyl (C=O) groups is 1. The molecule has 1 fully saturated rings. The molecule has 0 bridgehead atoms. The van der Waals surface area contributed by atoms with Crippen LogP contribution in [0.2, 0.25) is 0 Å². The summed E-state index contributed by atoms with van der Waals surface area (Å²) in [5.41, 5.74) is 3.80. The fourth-order valence-electron chi connectivity index (χ4n) is 4.11. The van der Waals surface area contributed by atoms with Crippen molar-refractivity contribution >= 4 is 28.0 Å². The zero-order valence-corrected chi connectivity index (χ0v) is 19.9. The molecule has 0 radical (unpaired) electrons. The van der Waals surface area contributed by atoms with Gasteiger partial charge in [-0.05, 0) is 43.4 Å². The number of hydrogen-bond donors (Lipinski definition) is 5. The predicted octanol–water partition coefficient (Wildman–Crippen LogP) is 1.29. The third-order valence-electron chi connectivity index (χ3n) is 5.85. The first kappa shape index (κ1) is 25.9. The molecule has 0 saturated carbocycles. The third kappa shape index (κ3) is 6.26. The van der Waals surface area contributed by atoms with Gasteiger partial charge in [0, 0.05) is 17.8 Å². The maximum atomic E-state index is 13.5. The molecule has 1 saturated heterocycles. The van der Waals surface area contributed by atoms with Crippen molar-refractivity contribution < 1.29 is 23.6 Å². The molecule has 12 nitrogen and oxygen atoms in total. The van der Waals surface area contributed by atoms with E-state index >= 15 is 0 Å². The molecule has 2 heterocycles. The zero-order valence-electron chi connectivity index (χ0n) is 19.1. The number of pyridine rings is 1. The summed E-state index contributed by atoms with van der Waals surface area (Å²) in [6.07, 6.45) is 1.34. The summed E-state index contributed by atoms with van der Waals surface area (Å²) in [7, 11) is -3.88. The minimum atomic E-state index is -3.88. The van der Waals surface area contributed by atoms with Crippen molar-refractivity contribution in [1.82, 2.24) is 20.5 Å². The van der Waals surface area contributed by atoms with Crippen LogP contribution in [-0.2, 0) is 20.6 Å². The van der Waals surface area contributed by atoms with Crippen LogP contribution in [0.4, 0.5) is 5.69 Å². The van der Waals surface area contributed by atoms with Crippen molar-refractivity contribution in [2.45, 2.75) is 31.7 Å². The van der Waals surface area contributed by atoms with Gasteiger partial charge in [-0.25, -0.2) is 13.9 Å². The topological polar surface area (TPSA) is 165 Å². The average molecular weight is 505 g/mol. The second kappa shape index (κ2) is 11.2. The number of benzene rings is 1. The number of rotatable bonds is 9. The van der Waals surface area contributed by atoms with E-state index in [1.807, 2.05) is 0 Å². The first-order chi connectivity index (χ1) is 16.7. The second-order valence-corrected chi connectivity index (χ2v) is 9.88. The first-order valence-electron chi connectivity index (χ1n) is 10.7. The molecule has 35 heavy (non-hydrogen) atoms. The van der Waals surface area contributed by atoms with Gasteiger partial charge in [-0.1, -0.05) is 36.9 Å².